The molecule has 0 saturated carbocycles. The second-order valence-electron chi connectivity index (χ2n) is 4.31. The van der Waals surface area contributed by atoms with Crippen LogP contribution >= 0.6 is 0 Å². The molecule has 94 valence electrons. The fourth-order valence-electron chi connectivity index (χ4n) is 1.89. The van der Waals surface area contributed by atoms with Gasteiger partial charge in [0, 0.05) is 18.9 Å². The van der Waals surface area contributed by atoms with Gasteiger partial charge in [-0.1, -0.05) is 51.1 Å². The summed E-state index contributed by atoms with van der Waals surface area (Å²) in [6, 6.07) is 10.1. The molecule has 1 rings (SSSR count). The van der Waals surface area contributed by atoms with Crippen molar-refractivity contribution in [3.8, 4) is 0 Å². The van der Waals surface area contributed by atoms with Crippen molar-refractivity contribution in [2.45, 2.75) is 45.6 Å². The summed E-state index contributed by atoms with van der Waals surface area (Å²) < 4.78 is 5.71. The number of hydrogen-bond donors (Lipinski definition) is 0. The largest absolute Gasteiger partial charge is 0.370 e. The third-order valence-corrected chi connectivity index (χ3v) is 2.95. The number of carbonyl (C=O) groups excluding carboxylic acids is 1. The highest BCUT2D eigenvalue weighted by molar-refractivity contribution is 5.83. The van der Waals surface area contributed by atoms with Crippen molar-refractivity contribution in [2.75, 3.05) is 6.61 Å². The van der Waals surface area contributed by atoms with Crippen LogP contribution in [-0.2, 0) is 9.53 Å². The van der Waals surface area contributed by atoms with Gasteiger partial charge in [-0.3, -0.25) is 4.79 Å². The highest BCUT2D eigenvalue weighted by Crippen LogP contribution is 2.23. The predicted octanol–water partition coefficient (Wildman–Crippen LogP) is 3.56. The van der Waals surface area contributed by atoms with Crippen LogP contribution in [0.3, 0.4) is 0 Å². The van der Waals surface area contributed by atoms with Crippen molar-refractivity contribution >= 4 is 5.78 Å². The monoisotopic (exact) mass is 234 g/mol. The zero-order chi connectivity index (χ0) is 12.7. The first-order chi connectivity index (χ1) is 8.20. The van der Waals surface area contributed by atoms with Crippen molar-refractivity contribution in [3.63, 3.8) is 0 Å². The normalized spacial score (nSPS) is 14.3. The number of ketones is 1. The Balaban J connectivity index is 2.78. The number of rotatable bonds is 7. The van der Waals surface area contributed by atoms with Gasteiger partial charge >= 0.3 is 0 Å². The average Bonchev–Trinajstić information content (AvgIpc) is 2.39. The number of hydrogen-bond acceptors (Lipinski definition) is 2. The first kappa shape index (κ1) is 13.9. The average molecular weight is 234 g/mol. The van der Waals surface area contributed by atoms with E-state index in [1.165, 1.54) is 0 Å². The van der Waals surface area contributed by atoms with Gasteiger partial charge in [0.1, 0.15) is 6.10 Å². The van der Waals surface area contributed by atoms with E-state index in [0.29, 0.717) is 13.0 Å². The second kappa shape index (κ2) is 7.23. The fourth-order valence-corrected chi connectivity index (χ4v) is 1.89. The van der Waals surface area contributed by atoms with E-state index in [9.17, 15) is 4.79 Å². The summed E-state index contributed by atoms with van der Waals surface area (Å²) in [5.41, 5.74) is 1.16. The fraction of sp³-hybridized carbons (Fsp3) is 0.533. The zero-order valence-electron chi connectivity index (χ0n) is 11.0. The maximum Gasteiger partial charge on any atom is 0.161 e. The standard InChI is InChI=1S/C15H22O2/c1-4-11-17-15(14(16)5-2)12(3)13-9-7-6-8-10-13/h6-10,12,15H,4-5,11H2,1-3H3. The molecule has 0 radical (unpaired) electrons. The molecule has 2 atom stereocenters. The van der Waals surface area contributed by atoms with Crippen LogP contribution in [-0.4, -0.2) is 18.5 Å². The maximum atomic E-state index is 11.9. The van der Waals surface area contributed by atoms with Crippen LogP contribution in [0, 0.1) is 0 Å². The molecular formula is C15H22O2. The van der Waals surface area contributed by atoms with Gasteiger partial charge in [0.05, 0.1) is 0 Å². The van der Waals surface area contributed by atoms with Crippen LogP contribution in [0.5, 0.6) is 0 Å². The topological polar surface area (TPSA) is 26.3 Å². The Hall–Kier alpha value is -1.15. The summed E-state index contributed by atoms with van der Waals surface area (Å²) in [6.07, 6.45) is 1.17. The van der Waals surface area contributed by atoms with Gasteiger partial charge in [-0.15, -0.1) is 0 Å². The van der Waals surface area contributed by atoms with Crippen molar-refractivity contribution < 1.29 is 9.53 Å². The molecule has 0 heterocycles. The maximum absolute atomic E-state index is 11.9. The van der Waals surface area contributed by atoms with E-state index < -0.39 is 0 Å². The molecule has 0 aromatic heterocycles. The molecule has 0 aliphatic heterocycles. The molecule has 0 aliphatic carbocycles. The summed E-state index contributed by atoms with van der Waals surface area (Å²) in [4.78, 5) is 11.9. The third kappa shape index (κ3) is 3.97. The molecule has 2 nitrogen and oxygen atoms in total. The Morgan fingerprint density at radius 2 is 1.88 bits per heavy atom. The minimum atomic E-state index is -0.303. The molecule has 2 unspecified atom stereocenters. The van der Waals surface area contributed by atoms with E-state index in [0.717, 1.165) is 12.0 Å². The molecule has 0 spiro atoms. The van der Waals surface area contributed by atoms with Crippen molar-refractivity contribution in [1.82, 2.24) is 0 Å². The number of carbonyl (C=O) groups is 1. The van der Waals surface area contributed by atoms with Crippen LogP contribution in [0.1, 0.15) is 45.1 Å². The summed E-state index contributed by atoms with van der Waals surface area (Å²) in [7, 11) is 0. The minimum Gasteiger partial charge on any atom is -0.370 e. The van der Waals surface area contributed by atoms with Gasteiger partial charge in [-0.25, -0.2) is 0 Å². The molecule has 1 aromatic rings. The van der Waals surface area contributed by atoms with Crippen molar-refractivity contribution in [1.29, 1.82) is 0 Å². The number of Topliss-reactive ketones (excluding diaryl/α,β-unsaturated/α-hetero) is 1. The summed E-state index contributed by atoms with van der Waals surface area (Å²) in [5.74, 6) is 0.310. The molecule has 0 N–H and O–H groups in total. The Kier molecular flexibility index (Phi) is 5.92. The summed E-state index contributed by atoms with van der Waals surface area (Å²) in [5, 5.41) is 0. The lowest BCUT2D eigenvalue weighted by Crippen LogP contribution is -2.29. The van der Waals surface area contributed by atoms with Crippen LogP contribution < -0.4 is 0 Å². The molecule has 2 heteroatoms. The van der Waals surface area contributed by atoms with Crippen LogP contribution in [0.15, 0.2) is 30.3 Å². The minimum absolute atomic E-state index is 0.121. The van der Waals surface area contributed by atoms with E-state index in [1.807, 2.05) is 25.1 Å². The van der Waals surface area contributed by atoms with E-state index in [4.69, 9.17) is 4.74 Å². The van der Waals surface area contributed by atoms with E-state index >= 15 is 0 Å². The van der Waals surface area contributed by atoms with E-state index in [-0.39, 0.29) is 17.8 Å². The Bertz CT molecular complexity index is 332. The molecule has 1 aromatic carbocycles. The summed E-state index contributed by atoms with van der Waals surface area (Å²) in [6.45, 7) is 6.65. The molecule has 17 heavy (non-hydrogen) atoms. The Morgan fingerprint density at radius 1 is 1.24 bits per heavy atom. The number of ether oxygens (including phenoxy) is 1. The first-order valence-electron chi connectivity index (χ1n) is 6.39. The van der Waals surface area contributed by atoms with E-state index in [1.54, 1.807) is 0 Å². The van der Waals surface area contributed by atoms with Gasteiger partial charge in [-0.05, 0) is 12.0 Å². The SMILES string of the molecule is CCCOC(C(=O)CC)C(C)c1ccccc1. The quantitative estimate of drug-likeness (QED) is 0.721. The highest BCUT2D eigenvalue weighted by Gasteiger charge is 2.25. The first-order valence-corrected chi connectivity index (χ1v) is 6.39. The van der Waals surface area contributed by atoms with Gasteiger partial charge in [0.2, 0.25) is 0 Å². The smallest absolute Gasteiger partial charge is 0.161 e. The van der Waals surface area contributed by atoms with Gasteiger partial charge in [0.25, 0.3) is 0 Å². The molecule has 0 saturated heterocycles. The number of benzene rings is 1. The third-order valence-electron chi connectivity index (χ3n) is 2.95. The lowest BCUT2D eigenvalue weighted by atomic mass is 9.92. The molecule has 0 bridgehead atoms. The highest BCUT2D eigenvalue weighted by atomic mass is 16.5. The zero-order valence-corrected chi connectivity index (χ0v) is 11.0. The lowest BCUT2D eigenvalue weighted by molar-refractivity contribution is -0.131. The molecule has 0 fully saturated rings. The Morgan fingerprint density at radius 3 is 2.41 bits per heavy atom. The van der Waals surface area contributed by atoms with Crippen molar-refractivity contribution in [2.24, 2.45) is 0 Å². The lowest BCUT2D eigenvalue weighted by Gasteiger charge is -2.23. The predicted molar refractivity (Wildman–Crippen MR) is 70.2 cm³/mol. The van der Waals surface area contributed by atoms with Crippen molar-refractivity contribution in [3.05, 3.63) is 35.9 Å². The van der Waals surface area contributed by atoms with Crippen LogP contribution in [0.25, 0.3) is 0 Å². The summed E-state index contributed by atoms with van der Waals surface area (Å²) >= 11 is 0. The Labute approximate surface area is 104 Å². The van der Waals surface area contributed by atoms with E-state index in [2.05, 4.69) is 26.0 Å². The van der Waals surface area contributed by atoms with Crippen LogP contribution in [0.2, 0.25) is 0 Å². The van der Waals surface area contributed by atoms with Gasteiger partial charge < -0.3 is 4.74 Å². The van der Waals surface area contributed by atoms with Crippen LogP contribution in [0.4, 0.5) is 0 Å². The van der Waals surface area contributed by atoms with Gasteiger partial charge in [0.15, 0.2) is 5.78 Å². The second-order valence-corrected chi connectivity index (χ2v) is 4.31. The van der Waals surface area contributed by atoms with Gasteiger partial charge in [-0.2, -0.15) is 0 Å². The molecule has 0 aliphatic rings. The molecular weight excluding hydrogens is 212 g/mol. The molecule has 0 amide bonds.